The summed E-state index contributed by atoms with van der Waals surface area (Å²) >= 11 is 5.10. The maximum absolute atomic E-state index is 12.4. The monoisotopic (exact) mass is 330 g/mol. The Kier molecular flexibility index (Phi) is 4.81. The molecule has 1 amide bonds. The highest BCUT2D eigenvalue weighted by atomic mass is 79.9. The SMILES string of the molecule is CNCC1CCN(C(=O)C(C)c2ccc(Br)s2)C1. The van der Waals surface area contributed by atoms with E-state index in [1.165, 1.54) is 0 Å². The zero-order valence-electron chi connectivity index (χ0n) is 10.8. The number of thiophene rings is 1. The molecular weight excluding hydrogens is 312 g/mol. The second kappa shape index (κ2) is 6.17. The van der Waals surface area contributed by atoms with Crippen LogP contribution >= 0.6 is 27.3 Å². The van der Waals surface area contributed by atoms with Crippen LogP contribution in [0.3, 0.4) is 0 Å². The zero-order valence-corrected chi connectivity index (χ0v) is 13.2. The maximum Gasteiger partial charge on any atom is 0.230 e. The fraction of sp³-hybridized carbons (Fsp3) is 0.615. The van der Waals surface area contributed by atoms with Crippen molar-refractivity contribution in [2.75, 3.05) is 26.7 Å². The van der Waals surface area contributed by atoms with Crippen molar-refractivity contribution in [1.29, 1.82) is 0 Å². The summed E-state index contributed by atoms with van der Waals surface area (Å²) in [6, 6.07) is 4.05. The van der Waals surface area contributed by atoms with E-state index in [-0.39, 0.29) is 11.8 Å². The van der Waals surface area contributed by atoms with Gasteiger partial charge >= 0.3 is 0 Å². The van der Waals surface area contributed by atoms with Crippen molar-refractivity contribution in [2.45, 2.75) is 19.3 Å². The van der Waals surface area contributed by atoms with Crippen molar-refractivity contribution in [3.05, 3.63) is 20.8 Å². The number of rotatable bonds is 4. The van der Waals surface area contributed by atoms with E-state index in [4.69, 9.17) is 0 Å². The highest BCUT2D eigenvalue weighted by Gasteiger charge is 2.29. The summed E-state index contributed by atoms with van der Waals surface area (Å²) in [4.78, 5) is 15.6. The molecule has 1 fully saturated rings. The van der Waals surface area contributed by atoms with Crippen LogP contribution in [0.5, 0.6) is 0 Å². The summed E-state index contributed by atoms with van der Waals surface area (Å²) in [5.41, 5.74) is 0. The molecule has 1 aliphatic heterocycles. The first-order valence-electron chi connectivity index (χ1n) is 6.30. The van der Waals surface area contributed by atoms with E-state index in [2.05, 4.69) is 21.2 Å². The Bertz CT molecular complexity index is 421. The minimum absolute atomic E-state index is 0.0189. The quantitative estimate of drug-likeness (QED) is 0.920. The molecular formula is C13H19BrN2OS. The van der Waals surface area contributed by atoms with Gasteiger partial charge in [-0.15, -0.1) is 11.3 Å². The predicted molar refractivity (Wildman–Crippen MR) is 79.0 cm³/mol. The minimum Gasteiger partial charge on any atom is -0.342 e. The van der Waals surface area contributed by atoms with Gasteiger partial charge in [-0.1, -0.05) is 0 Å². The number of hydrogen-bond acceptors (Lipinski definition) is 3. The fourth-order valence-corrected chi connectivity index (χ4v) is 3.91. The molecule has 2 heterocycles. The number of likely N-dealkylation sites (tertiary alicyclic amines) is 1. The zero-order chi connectivity index (χ0) is 13.1. The molecule has 0 aliphatic carbocycles. The van der Waals surface area contributed by atoms with Gasteiger partial charge in [-0.2, -0.15) is 0 Å². The number of amides is 1. The summed E-state index contributed by atoms with van der Waals surface area (Å²) in [5, 5.41) is 3.19. The second-order valence-corrected chi connectivity index (χ2v) is 7.35. The highest BCUT2D eigenvalue weighted by Crippen LogP contribution is 2.30. The number of halogens is 1. The van der Waals surface area contributed by atoms with Gasteiger partial charge in [-0.05, 0) is 60.9 Å². The average Bonchev–Trinajstić information content (AvgIpc) is 2.97. The van der Waals surface area contributed by atoms with E-state index in [0.29, 0.717) is 5.92 Å². The molecule has 0 spiro atoms. The normalized spacial score (nSPS) is 21.3. The minimum atomic E-state index is -0.0189. The van der Waals surface area contributed by atoms with Crippen LogP contribution in [-0.4, -0.2) is 37.5 Å². The van der Waals surface area contributed by atoms with Crippen LogP contribution in [0.15, 0.2) is 15.9 Å². The predicted octanol–water partition coefficient (Wildman–Crippen LogP) is 2.68. The summed E-state index contributed by atoms with van der Waals surface area (Å²) in [6.45, 7) is 4.81. The number of carbonyl (C=O) groups excluding carboxylic acids is 1. The van der Waals surface area contributed by atoms with E-state index in [0.717, 1.165) is 34.7 Å². The molecule has 3 nitrogen and oxygen atoms in total. The van der Waals surface area contributed by atoms with Crippen molar-refractivity contribution in [3.8, 4) is 0 Å². The fourth-order valence-electron chi connectivity index (χ4n) is 2.44. The van der Waals surface area contributed by atoms with Gasteiger partial charge in [0.2, 0.25) is 5.91 Å². The van der Waals surface area contributed by atoms with Gasteiger partial charge in [-0.25, -0.2) is 0 Å². The highest BCUT2D eigenvalue weighted by molar-refractivity contribution is 9.11. The Hall–Kier alpha value is -0.390. The van der Waals surface area contributed by atoms with Crippen LogP contribution in [0, 0.1) is 5.92 Å². The molecule has 1 N–H and O–H groups in total. The van der Waals surface area contributed by atoms with Crippen LogP contribution in [0.2, 0.25) is 0 Å². The maximum atomic E-state index is 12.4. The van der Waals surface area contributed by atoms with E-state index in [1.54, 1.807) is 11.3 Å². The Labute approximate surface area is 121 Å². The van der Waals surface area contributed by atoms with E-state index < -0.39 is 0 Å². The van der Waals surface area contributed by atoms with Crippen molar-refractivity contribution >= 4 is 33.2 Å². The molecule has 2 rings (SSSR count). The van der Waals surface area contributed by atoms with Gasteiger partial charge in [0.15, 0.2) is 0 Å². The number of nitrogens with zero attached hydrogens (tertiary/aromatic N) is 1. The molecule has 1 saturated heterocycles. The number of nitrogens with one attached hydrogen (secondary N) is 1. The van der Waals surface area contributed by atoms with Gasteiger partial charge in [0, 0.05) is 18.0 Å². The largest absolute Gasteiger partial charge is 0.342 e. The summed E-state index contributed by atoms with van der Waals surface area (Å²) in [6.07, 6.45) is 1.12. The van der Waals surface area contributed by atoms with Crippen LogP contribution in [0.25, 0.3) is 0 Å². The Morgan fingerprint density at radius 2 is 2.44 bits per heavy atom. The smallest absolute Gasteiger partial charge is 0.230 e. The van der Waals surface area contributed by atoms with Crippen LogP contribution in [0.4, 0.5) is 0 Å². The number of carbonyl (C=O) groups is 1. The average molecular weight is 331 g/mol. The lowest BCUT2D eigenvalue weighted by Gasteiger charge is -2.20. The Morgan fingerprint density at radius 3 is 3.06 bits per heavy atom. The van der Waals surface area contributed by atoms with Crippen LogP contribution < -0.4 is 5.32 Å². The standard InChI is InChI=1S/C13H19BrN2OS/c1-9(11-3-4-12(14)18-11)13(17)16-6-5-10(8-16)7-15-2/h3-4,9-10,15H,5-8H2,1-2H3. The lowest BCUT2D eigenvalue weighted by Crippen LogP contribution is -2.33. The third-order valence-corrected chi connectivity index (χ3v) is 5.29. The second-order valence-electron chi connectivity index (χ2n) is 4.86. The van der Waals surface area contributed by atoms with Crippen LogP contribution in [0.1, 0.15) is 24.1 Å². The number of hydrogen-bond donors (Lipinski definition) is 1. The molecule has 0 saturated carbocycles. The van der Waals surface area contributed by atoms with Crippen molar-refractivity contribution in [1.82, 2.24) is 10.2 Å². The molecule has 1 aromatic rings. The summed E-state index contributed by atoms with van der Waals surface area (Å²) in [7, 11) is 1.97. The topological polar surface area (TPSA) is 32.3 Å². The summed E-state index contributed by atoms with van der Waals surface area (Å²) in [5.74, 6) is 0.860. The molecule has 1 aromatic heterocycles. The molecule has 0 radical (unpaired) electrons. The molecule has 1 aliphatic rings. The van der Waals surface area contributed by atoms with Gasteiger partial charge in [0.05, 0.1) is 9.70 Å². The van der Waals surface area contributed by atoms with Crippen molar-refractivity contribution < 1.29 is 4.79 Å². The first kappa shape index (κ1) is 14.0. The first-order chi connectivity index (χ1) is 8.61. The molecule has 0 aromatic carbocycles. The van der Waals surface area contributed by atoms with Gasteiger partial charge in [0.1, 0.15) is 0 Å². The molecule has 2 unspecified atom stereocenters. The molecule has 0 bridgehead atoms. The lowest BCUT2D eigenvalue weighted by atomic mass is 10.1. The Morgan fingerprint density at radius 1 is 1.67 bits per heavy atom. The van der Waals surface area contributed by atoms with E-state index >= 15 is 0 Å². The third-order valence-electron chi connectivity index (χ3n) is 3.48. The summed E-state index contributed by atoms with van der Waals surface area (Å²) < 4.78 is 1.09. The molecule has 18 heavy (non-hydrogen) atoms. The van der Waals surface area contributed by atoms with Gasteiger partial charge in [-0.3, -0.25) is 4.79 Å². The molecule has 100 valence electrons. The third kappa shape index (κ3) is 3.13. The van der Waals surface area contributed by atoms with E-state index in [1.807, 2.05) is 31.0 Å². The van der Waals surface area contributed by atoms with Crippen LogP contribution in [-0.2, 0) is 4.79 Å². The van der Waals surface area contributed by atoms with Gasteiger partial charge < -0.3 is 10.2 Å². The van der Waals surface area contributed by atoms with Gasteiger partial charge in [0.25, 0.3) is 0 Å². The Balaban J connectivity index is 1.95. The van der Waals surface area contributed by atoms with E-state index in [9.17, 15) is 4.79 Å². The lowest BCUT2D eigenvalue weighted by molar-refractivity contribution is -0.131. The molecule has 2 atom stereocenters. The molecule has 5 heteroatoms. The van der Waals surface area contributed by atoms with Crippen molar-refractivity contribution in [3.63, 3.8) is 0 Å². The first-order valence-corrected chi connectivity index (χ1v) is 7.91. The van der Waals surface area contributed by atoms with Crippen molar-refractivity contribution in [2.24, 2.45) is 5.92 Å².